The zero-order valence-electron chi connectivity index (χ0n) is 8.74. The fourth-order valence-electron chi connectivity index (χ4n) is 1.04. The third-order valence-electron chi connectivity index (χ3n) is 1.89. The first-order valence-electron chi connectivity index (χ1n) is 4.65. The minimum atomic E-state index is -3.91. The van der Waals surface area contributed by atoms with Crippen LogP contribution in [0.3, 0.4) is 0 Å². The number of aromatic nitrogens is 1. The molecule has 1 unspecified atom stereocenters. The third kappa shape index (κ3) is 3.47. The van der Waals surface area contributed by atoms with Gasteiger partial charge in [-0.1, -0.05) is 0 Å². The fourth-order valence-corrected chi connectivity index (χ4v) is 2.22. The average Bonchev–Trinajstić information content (AvgIpc) is 2.35. The second-order valence-corrected chi connectivity index (χ2v) is 4.89. The van der Waals surface area contributed by atoms with Gasteiger partial charge in [0.25, 0.3) is 0 Å². The zero-order chi connectivity index (χ0) is 12.9. The highest BCUT2D eigenvalue weighted by molar-refractivity contribution is 7.89. The summed E-state index contributed by atoms with van der Waals surface area (Å²) in [4.78, 5) is 3.36. The maximum Gasteiger partial charge on any atom is 0.243 e. The third-order valence-corrected chi connectivity index (χ3v) is 3.34. The van der Waals surface area contributed by atoms with Crippen molar-refractivity contribution >= 4 is 10.0 Å². The monoisotopic (exact) mass is 257 g/mol. The topological polar surface area (TPSA) is 123 Å². The number of hydrogen-bond acceptors (Lipinski definition) is 6. The molecule has 0 aromatic carbocycles. The lowest BCUT2D eigenvalue weighted by atomic mass is 10.4. The van der Waals surface area contributed by atoms with Crippen LogP contribution in [0.15, 0.2) is 23.2 Å². The lowest BCUT2D eigenvalue weighted by Gasteiger charge is -2.10. The molecule has 0 radical (unpaired) electrons. The van der Waals surface area contributed by atoms with Gasteiger partial charge in [-0.05, 0) is 12.1 Å². The molecule has 0 aliphatic heterocycles. The van der Waals surface area contributed by atoms with Gasteiger partial charge in [0.1, 0.15) is 11.0 Å². The summed E-state index contributed by atoms with van der Waals surface area (Å²) in [5, 5.41) is 26.3. The van der Waals surface area contributed by atoms with Crippen molar-refractivity contribution in [2.75, 3.05) is 13.2 Å². The van der Waals surface area contributed by atoms with Crippen LogP contribution in [0, 0.1) is 11.3 Å². The van der Waals surface area contributed by atoms with E-state index in [0.29, 0.717) is 0 Å². The quantitative estimate of drug-likeness (QED) is 0.595. The molecule has 8 heteroatoms. The van der Waals surface area contributed by atoms with Crippen molar-refractivity contribution in [1.29, 1.82) is 5.26 Å². The summed E-state index contributed by atoms with van der Waals surface area (Å²) in [6, 6.07) is 4.28. The molecule has 92 valence electrons. The SMILES string of the molecule is N#Cc1ncccc1S(=O)(=O)NCC(O)CO. The van der Waals surface area contributed by atoms with E-state index in [1.165, 1.54) is 18.3 Å². The van der Waals surface area contributed by atoms with Gasteiger partial charge in [-0.15, -0.1) is 0 Å². The summed E-state index contributed by atoms with van der Waals surface area (Å²) in [5.74, 6) is 0. The second-order valence-electron chi connectivity index (χ2n) is 3.15. The van der Waals surface area contributed by atoms with Crippen LogP contribution < -0.4 is 4.72 Å². The number of sulfonamides is 1. The number of rotatable bonds is 5. The minimum Gasteiger partial charge on any atom is -0.394 e. The van der Waals surface area contributed by atoms with Gasteiger partial charge < -0.3 is 10.2 Å². The number of hydrogen-bond donors (Lipinski definition) is 3. The van der Waals surface area contributed by atoms with Crippen LogP contribution >= 0.6 is 0 Å². The van der Waals surface area contributed by atoms with E-state index in [4.69, 9.17) is 15.5 Å². The Balaban J connectivity index is 2.95. The highest BCUT2D eigenvalue weighted by Gasteiger charge is 2.19. The first-order chi connectivity index (χ1) is 8.01. The smallest absolute Gasteiger partial charge is 0.243 e. The van der Waals surface area contributed by atoms with Gasteiger partial charge >= 0.3 is 0 Å². The number of aliphatic hydroxyl groups excluding tert-OH is 2. The molecule has 0 saturated carbocycles. The van der Waals surface area contributed by atoms with E-state index >= 15 is 0 Å². The van der Waals surface area contributed by atoms with E-state index in [-0.39, 0.29) is 17.1 Å². The molecule has 1 atom stereocenters. The molecule has 0 amide bonds. The van der Waals surface area contributed by atoms with Crippen LogP contribution in [-0.2, 0) is 10.0 Å². The molecule has 1 rings (SSSR count). The maximum absolute atomic E-state index is 11.7. The van der Waals surface area contributed by atoms with E-state index in [1.54, 1.807) is 6.07 Å². The van der Waals surface area contributed by atoms with Gasteiger partial charge in [0.05, 0.1) is 12.7 Å². The summed E-state index contributed by atoms with van der Waals surface area (Å²) >= 11 is 0. The Labute approximate surface area is 98.4 Å². The molecule has 0 saturated heterocycles. The highest BCUT2D eigenvalue weighted by Crippen LogP contribution is 2.11. The molecule has 0 fully saturated rings. The van der Waals surface area contributed by atoms with Crippen molar-refractivity contribution in [2.45, 2.75) is 11.0 Å². The van der Waals surface area contributed by atoms with E-state index in [2.05, 4.69) is 9.71 Å². The number of nitrogens with one attached hydrogen (secondary N) is 1. The van der Waals surface area contributed by atoms with Gasteiger partial charge in [-0.2, -0.15) is 5.26 Å². The molecular formula is C9H11N3O4S. The first-order valence-corrected chi connectivity index (χ1v) is 6.13. The molecule has 1 aromatic rings. The Morgan fingerprint density at radius 3 is 2.88 bits per heavy atom. The Morgan fingerprint density at radius 1 is 1.59 bits per heavy atom. The number of nitrogens with zero attached hydrogens (tertiary/aromatic N) is 2. The van der Waals surface area contributed by atoms with Crippen molar-refractivity contribution in [1.82, 2.24) is 9.71 Å². The van der Waals surface area contributed by atoms with Gasteiger partial charge in [0.15, 0.2) is 5.69 Å². The summed E-state index contributed by atoms with van der Waals surface area (Å²) in [6.07, 6.45) is 0.118. The molecule has 7 nitrogen and oxygen atoms in total. The Morgan fingerprint density at radius 2 is 2.29 bits per heavy atom. The predicted molar refractivity (Wildman–Crippen MR) is 57.2 cm³/mol. The van der Waals surface area contributed by atoms with Crippen LogP contribution in [0.4, 0.5) is 0 Å². The number of aliphatic hydroxyl groups is 2. The van der Waals surface area contributed by atoms with Gasteiger partial charge in [-0.25, -0.2) is 18.1 Å². The predicted octanol–water partition coefficient (Wildman–Crippen LogP) is -1.42. The fraction of sp³-hybridized carbons (Fsp3) is 0.333. The van der Waals surface area contributed by atoms with Crippen molar-refractivity contribution in [3.8, 4) is 6.07 Å². The Bertz CT molecular complexity index is 523. The van der Waals surface area contributed by atoms with Crippen LogP contribution in [0.2, 0.25) is 0 Å². The normalized spacial score (nSPS) is 13.0. The molecule has 1 aromatic heterocycles. The van der Waals surface area contributed by atoms with Crippen LogP contribution in [-0.4, -0.2) is 42.9 Å². The summed E-state index contributed by atoms with van der Waals surface area (Å²) in [5.41, 5.74) is -0.224. The molecule has 0 aliphatic rings. The zero-order valence-corrected chi connectivity index (χ0v) is 9.55. The first kappa shape index (κ1) is 13.5. The molecule has 17 heavy (non-hydrogen) atoms. The number of nitriles is 1. The average molecular weight is 257 g/mol. The van der Waals surface area contributed by atoms with Gasteiger partial charge in [-0.3, -0.25) is 0 Å². The second kappa shape index (κ2) is 5.70. The Kier molecular flexibility index (Phi) is 4.53. The van der Waals surface area contributed by atoms with E-state index in [1.807, 2.05) is 0 Å². The molecule has 3 N–H and O–H groups in total. The van der Waals surface area contributed by atoms with Gasteiger partial charge in [0, 0.05) is 12.7 Å². The molecule has 1 heterocycles. The van der Waals surface area contributed by atoms with Crippen molar-refractivity contribution in [2.24, 2.45) is 0 Å². The maximum atomic E-state index is 11.7. The largest absolute Gasteiger partial charge is 0.394 e. The van der Waals surface area contributed by atoms with Crippen molar-refractivity contribution in [3.05, 3.63) is 24.0 Å². The van der Waals surface area contributed by atoms with E-state index in [0.717, 1.165) is 0 Å². The Hall–Kier alpha value is -1.53. The van der Waals surface area contributed by atoms with E-state index in [9.17, 15) is 8.42 Å². The van der Waals surface area contributed by atoms with Crippen molar-refractivity contribution in [3.63, 3.8) is 0 Å². The molecule has 0 aliphatic carbocycles. The van der Waals surface area contributed by atoms with Gasteiger partial charge in [0.2, 0.25) is 10.0 Å². The molecular weight excluding hydrogens is 246 g/mol. The molecule has 0 bridgehead atoms. The van der Waals surface area contributed by atoms with Crippen molar-refractivity contribution < 1.29 is 18.6 Å². The summed E-state index contributed by atoms with van der Waals surface area (Å²) in [7, 11) is -3.91. The summed E-state index contributed by atoms with van der Waals surface area (Å²) < 4.78 is 25.5. The standard InChI is InChI=1S/C9H11N3O4S/c10-4-8-9(2-1-3-11-8)17(15,16)12-5-7(14)6-13/h1-3,7,12-14H,5-6H2. The van der Waals surface area contributed by atoms with Crippen LogP contribution in [0.5, 0.6) is 0 Å². The van der Waals surface area contributed by atoms with Crippen LogP contribution in [0.25, 0.3) is 0 Å². The molecule has 0 spiro atoms. The summed E-state index contributed by atoms with van der Waals surface area (Å²) in [6.45, 7) is -0.890. The van der Waals surface area contributed by atoms with E-state index < -0.39 is 22.7 Å². The van der Waals surface area contributed by atoms with Crippen LogP contribution in [0.1, 0.15) is 5.69 Å². The number of pyridine rings is 1. The lowest BCUT2D eigenvalue weighted by Crippen LogP contribution is -2.34. The minimum absolute atomic E-state index is 0.224. The lowest BCUT2D eigenvalue weighted by molar-refractivity contribution is 0.0988. The highest BCUT2D eigenvalue weighted by atomic mass is 32.2.